The average molecular weight is 514 g/mol. The van der Waals surface area contributed by atoms with E-state index in [-0.39, 0.29) is 24.5 Å². The SMILES string of the molecule is O=C(Cc1ccccn1)Cc1ccc(C[C@H]2CCC(c3nnc(NC(=O)Cc4ccccn4)s3)C2)nn1. The molecular formula is C27H27N7O2S. The van der Waals surface area contributed by atoms with Crippen molar-refractivity contribution in [3.8, 4) is 0 Å². The van der Waals surface area contributed by atoms with Crippen molar-refractivity contribution < 1.29 is 9.59 Å². The normalized spacial score (nSPS) is 17.0. The first kappa shape index (κ1) is 24.8. The van der Waals surface area contributed by atoms with Gasteiger partial charge >= 0.3 is 0 Å². The van der Waals surface area contributed by atoms with Gasteiger partial charge in [0.25, 0.3) is 0 Å². The molecule has 0 spiro atoms. The Bertz CT molecular complexity index is 1330. The summed E-state index contributed by atoms with van der Waals surface area (Å²) in [5.41, 5.74) is 3.10. The summed E-state index contributed by atoms with van der Waals surface area (Å²) in [7, 11) is 0. The summed E-state index contributed by atoms with van der Waals surface area (Å²) in [5, 5.41) is 21.5. The van der Waals surface area contributed by atoms with E-state index in [9.17, 15) is 9.59 Å². The number of aromatic nitrogens is 6. The highest BCUT2D eigenvalue weighted by atomic mass is 32.1. The Morgan fingerprint density at radius 2 is 1.49 bits per heavy atom. The molecule has 1 fully saturated rings. The van der Waals surface area contributed by atoms with E-state index in [4.69, 9.17) is 0 Å². The van der Waals surface area contributed by atoms with E-state index in [0.29, 0.717) is 29.1 Å². The molecule has 0 radical (unpaired) electrons. The van der Waals surface area contributed by atoms with Crippen molar-refractivity contribution in [3.63, 3.8) is 0 Å². The number of nitrogens with one attached hydrogen (secondary N) is 1. The van der Waals surface area contributed by atoms with Crippen molar-refractivity contribution in [1.29, 1.82) is 0 Å². The van der Waals surface area contributed by atoms with Crippen molar-refractivity contribution in [2.75, 3.05) is 5.32 Å². The summed E-state index contributed by atoms with van der Waals surface area (Å²) in [6, 6.07) is 14.9. The maximum absolute atomic E-state index is 12.3. The lowest BCUT2D eigenvalue weighted by Crippen LogP contribution is -2.14. The Kier molecular flexibility index (Phi) is 7.95. The third-order valence-corrected chi connectivity index (χ3v) is 7.40. The highest BCUT2D eigenvalue weighted by Crippen LogP contribution is 2.41. The Labute approximate surface area is 218 Å². The fourth-order valence-corrected chi connectivity index (χ4v) is 5.53. The van der Waals surface area contributed by atoms with Gasteiger partial charge in [0.05, 0.1) is 24.2 Å². The zero-order valence-corrected chi connectivity index (χ0v) is 21.1. The maximum Gasteiger partial charge on any atom is 0.232 e. The van der Waals surface area contributed by atoms with Gasteiger partial charge in [0, 0.05) is 36.1 Å². The number of nitrogens with zero attached hydrogens (tertiary/aromatic N) is 6. The lowest BCUT2D eigenvalue weighted by atomic mass is 9.99. The summed E-state index contributed by atoms with van der Waals surface area (Å²) >= 11 is 1.45. The van der Waals surface area contributed by atoms with Crippen LogP contribution in [0.4, 0.5) is 5.13 Å². The van der Waals surface area contributed by atoms with Gasteiger partial charge in [-0.2, -0.15) is 10.2 Å². The summed E-state index contributed by atoms with van der Waals surface area (Å²) in [6.45, 7) is 0. The van der Waals surface area contributed by atoms with E-state index >= 15 is 0 Å². The lowest BCUT2D eigenvalue weighted by molar-refractivity contribution is -0.118. The monoisotopic (exact) mass is 513 g/mol. The fraction of sp³-hybridized carbons (Fsp3) is 0.333. The molecule has 9 nitrogen and oxygen atoms in total. The minimum Gasteiger partial charge on any atom is -0.300 e. The molecule has 2 atom stereocenters. The van der Waals surface area contributed by atoms with E-state index in [0.717, 1.165) is 47.8 Å². The van der Waals surface area contributed by atoms with Crippen molar-refractivity contribution in [2.45, 2.75) is 50.9 Å². The Balaban J connectivity index is 1.08. The first-order chi connectivity index (χ1) is 18.1. The van der Waals surface area contributed by atoms with E-state index < -0.39 is 0 Å². The molecule has 0 bridgehead atoms. The molecule has 0 saturated heterocycles. The lowest BCUT2D eigenvalue weighted by Gasteiger charge is -2.09. The maximum atomic E-state index is 12.3. The summed E-state index contributed by atoms with van der Waals surface area (Å²) in [5.74, 6) is 0.748. The molecule has 188 valence electrons. The highest BCUT2D eigenvalue weighted by Gasteiger charge is 2.29. The Morgan fingerprint density at radius 3 is 2.19 bits per heavy atom. The molecule has 1 aliphatic carbocycles. The first-order valence-electron chi connectivity index (χ1n) is 12.4. The summed E-state index contributed by atoms with van der Waals surface area (Å²) in [6.07, 6.45) is 8.10. The van der Waals surface area contributed by atoms with Crippen LogP contribution in [0.1, 0.15) is 53.0 Å². The average Bonchev–Trinajstić information content (AvgIpc) is 3.56. The number of carbonyl (C=O) groups excluding carboxylic acids is 2. The molecule has 5 rings (SSSR count). The van der Waals surface area contributed by atoms with Gasteiger partial charge in [0.1, 0.15) is 10.8 Å². The van der Waals surface area contributed by atoms with Gasteiger partial charge in [-0.15, -0.1) is 10.2 Å². The standard InChI is InChI=1S/C27H27N7O2S/c35-24(15-20-5-1-3-11-28-20)16-23-10-9-22(31-32-23)14-18-7-8-19(13-18)26-33-34-27(37-26)30-25(36)17-21-6-2-4-12-29-21/h1-6,9-12,18-19H,7-8,13-17H2,(H,30,34,36)/t18-,19?/m0/s1. The topological polar surface area (TPSA) is 124 Å². The molecule has 0 aliphatic heterocycles. The zero-order chi connectivity index (χ0) is 25.5. The minimum absolute atomic E-state index is 0.0729. The van der Waals surface area contributed by atoms with Gasteiger partial charge in [-0.05, 0) is 68.0 Å². The van der Waals surface area contributed by atoms with Crippen molar-refractivity contribution in [2.24, 2.45) is 5.92 Å². The number of anilines is 1. The predicted octanol–water partition coefficient (Wildman–Crippen LogP) is 3.78. The molecule has 4 aromatic rings. The van der Waals surface area contributed by atoms with Gasteiger partial charge in [-0.3, -0.25) is 19.6 Å². The molecule has 1 amide bonds. The minimum atomic E-state index is -0.147. The second kappa shape index (κ2) is 11.9. The van der Waals surface area contributed by atoms with Crippen molar-refractivity contribution in [3.05, 3.63) is 88.7 Å². The smallest absolute Gasteiger partial charge is 0.232 e. The summed E-state index contributed by atoms with van der Waals surface area (Å²) in [4.78, 5) is 33.0. The number of rotatable bonds is 10. The predicted molar refractivity (Wildman–Crippen MR) is 139 cm³/mol. The van der Waals surface area contributed by atoms with Crippen LogP contribution in [-0.2, 0) is 35.3 Å². The molecule has 1 aliphatic rings. The number of hydrogen-bond acceptors (Lipinski definition) is 9. The van der Waals surface area contributed by atoms with Crippen molar-refractivity contribution in [1.82, 2.24) is 30.4 Å². The van der Waals surface area contributed by atoms with Gasteiger partial charge in [-0.1, -0.05) is 23.5 Å². The van der Waals surface area contributed by atoms with Crippen LogP contribution in [0, 0.1) is 5.92 Å². The van der Waals surface area contributed by atoms with E-state index in [1.165, 1.54) is 11.3 Å². The van der Waals surface area contributed by atoms with Crippen LogP contribution in [0.3, 0.4) is 0 Å². The molecule has 1 N–H and O–H groups in total. The number of ketones is 1. The fourth-order valence-electron chi connectivity index (χ4n) is 4.62. The molecule has 10 heteroatoms. The second-order valence-corrected chi connectivity index (χ2v) is 10.3. The van der Waals surface area contributed by atoms with E-state index in [2.05, 4.69) is 35.7 Å². The van der Waals surface area contributed by atoms with Crippen LogP contribution in [0.25, 0.3) is 0 Å². The molecule has 4 heterocycles. The molecule has 1 unspecified atom stereocenters. The molecule has 0 aromatic carbocycles. The van der Waals surface area contributed by atoms with Gasteiger partial charge in [-0.25, -0.2) is 0 Å². The van der Waals surface area contributed by atoms with Crippen LogP contribution in [0.5, 0.6) is 0 Å². The number of pyridine rings is 2. The molecule has 37 heavy (non-hydrogen) atoms. The van der Waals surface area contributed by atoms with Gasteiger partial charge in [0.2, 0.25) is 11.0 Å². The second-order valence-electron chi connectivity index (χ2n) is 9.30. The third-order valence-electron chi connectivity index (χ3n) is 6.40. The first-order valence-corrected chi connectivity index (χ1v) is 13.2. The van der Waals surface area contributed by atoms with E-state index in [1.807, 2.05) is 48.5 Å². The number of carbonyl (C=O) groups is 2. The van der Waals surface area contributed by atoms with Gasteiger partial charge in [0.15, 0.2) is 0 Å². The van der Waals surface area contributed by atoms with Crippen LogP contribution < -0.4 is 5.32 Å². The quantitative estimate of drug-likeness (QED) is 0.340. The largest absolute Gasteiger partial charge is 0.300 e. The number of Topliss-reactive ketones (excluding diaryl/α,β-unsaturated/α-hetero) is 1. The Morgan fingerprint density at radius 1 is 0.784 bits per heavy atom. The highest BCUT2D eigenvalue weighted by molar-refractivity contribution is 7.15. The van der Waals surface area contributed by atoms with Crippen LogP contribution in [0.15, 0.2) is 60.9 Å². The van der Waals surface area contributed by atoms with E-state index in [1.54, 1.807) is 12.4 Å². The van der Waals surface area contributed by atoms with Crippen LogP contribution in [0.2, 0.25) is 0 Å². The molecule has 1 saturated carbocycles. The molecule has 4 aromatic heterocycles. The van der Waals surface area contributed by atoms with Crippen LogP contribution in [-0.4, -0.2) is 42.1 Å². The Hall–Kier alpha value is -3.92. The third kappa shape index (κ3) is 7.07. The van der Waals surface area contributed by atoms with Crippen LogP contribution >= 0.6 is 11.3 Å². The number of hydrogen-bond donors (Lipinski definition) is 1. The molecular weight excluding hydrogens is 486 g/mol. The summed E-state index contributed by atoms with van der Waals surface area (Å²) < 4.78 is 0. The zero-order valence-electron chi connectivity index (χ0n) is 20.3. The van der Waals surface area contributed by atoms with Gasteiger partial charge < -0.3 is 5.32 Å². The number of amides is 1. The van der Waals surface area contributed by atoms with Crippen molar-refractivity contribution >= 4 is 28.2 Å².